The van der Waals surface area contributed by atoms with E-state index in [0.717, 1.165) is 11.3 Å². The molecule has 1 nitrogen and oxygen atoms in total. The quantitative estimate of drug-likeness (QED) is 0.658. The van der Waals surface area contributed by atoms with Gasteiger partial charge in [0.1, 0.15) is 5.82 Å². The topological polar surface area (TPSA) is 26.0 Å². The molecule has 0 heterocycles. The van der Waals surface area contributed by atoms with Crippen molar-refractivity contribution in [2.24, 2.45) is 0 Å². The monoisotopic (exact) mass is 261 g/mol. The third kappa shape index (κ3) is 3.26. The van der Waals surface area contributed by atoms with Gasteiger partial charge in [0.2, 0.25) is 0 Å². The maximum absolute atomic E-state index is 13.2. The highest BCUT2D eigenvalue weighted by Gasteiger charge is 2.03. The Morgan fingerprint density at radius 2 is 1.89 bits per heavy atom. The molecule has 0 aliphatic heterocycles. The Morgan fingerprint density at radius 1 is 1.11 bits per heavy atom. The molecule has 0 radical (unpaired) electrons. The third-order valence-electron chi connectivity index (χ3n) is 2.70. The smallest absolute Gasteiger partial charge is 0.125 e. The third-order valence-corrected chi connectivity index (χ3v) is 3.95. The fraction of sp³-hybridized carbons (Fsp3) is 0.200. The fourth-order valence-corrected chi connectivity index (χ4v) is 2.82. The number of aryl methyl sites for hydroxylation is 2. The molecule has 94 valence electrons. The molecule has 2 aromatic carbocycles. The number of anilines is 1. The summed E-state index contributed by atoms with van der Waals surface area (Å²) >= 11 is 1.70. The van der Waals surface area contributed by atoms with E-state index < -0.39 is 0 Å². The van der Waals surface area contributed by atoms with Crippen LogP contribution in [0.2, 0.25) is 0 Å². The molecule has 0 fully saturated rings. The first-order valence-electron chi connectivity index (χ1n) is 5.79. The van der Waals surface area contributed by atoms with E-state index in [9.17, 15) is 4.39 Å². The van der Waals surface area contributed by atoms with Gasteiger partial charge in [0.05, 0.1) is 0 Å². The fourth-order valence-electron chi connectivity index (χ4n) is 1.88. The summed E-state index contributed by atoms with van der Waals surface area (Å²) in [7, 11) is 0. The van der Waals surface area contributed by atoms with Gasteiger partial charge in [0, 0.05) is 16.3 Å². The summed E-state index contributed by atoms with van der Waals surface area (Å²) < 4.78 is 13.2. The lowest BCUT2D eigenvalue weighted by atomic mass is 10.2. The van der Waals surface area contributed by atoms with Gasteiger partial charge >= 0.3 is 0 Å². The SMILES string of the molecule is Cc1ccc(SCc2cc(N)cc(F)c2)c(C)c1. The van der Waals surface area contributed by atoms with Crippen molar-refractivity contribution < 1.29 is 4.39 Å². The Bertz CT molecular complexity index is 546. The summed E-state index contributed by atoms with van der Waals surface area (Å²) in [6, 6.07) is 11.0. The standard InChI is InChI=1S/C15H16FNS/c1-10-3-4-15(11(2)5-10)18-9-12-6-13(16)8-14(17)7-12/h3-8H,9,17H2,1-2H3. The van der Waals surface area contributed by atoms with E-state index in [1.165, 1.54) is 28.2 Å². The van der Waals surface area contributed by atoms with Crippen LogP contribution >= 0.6 is 11.8 Å². The average Bonchev–Trinajstić information content (AvgIpc) is 2.26. The highest BCUT2D eigenvalue weighted by atomic mass is 32.2. The summed E-state index contributed by atoms with van der Waals surface area (Å²) in [6.07, 6.45) is 0. The summed E-state index contributed by atoms with van der Waals surface area (Å²) in [5.41, 5.74) is 9.53. The summed E-state index contributed by atoms with van der Waals surface area (Å²) in [5.74, 6) is 0.456. The van der Waals surface area contributed by atoms with Crippen LogP contribution < -0.4 is 5.73 Å². The summed E-state index contributed by atoms with van der Waals surface area (Å²) in [4.78, 5) is 1.23. The van der Waals surface area contributed by atoms with Crippen molar-refractivity contribution in [1.82, 2.24) is 0 Å². The minimum Gasteiger partial charge on any atom is -0.399 e. The molecular formula is C15H16FNS. The van der Waals surface area contributed by atoms with Gasteiger partial charge in [-0.25, -0.2) is 4.39 Å². The van der Waals surface area contributed by atoms with Crippen LogP contribution in [0.5, 0.6) is 0 Å². The number of benzene rings is 2. The predicted octanol–water partition coefficient (Wildman–Crippen LogP) is 4.32. The Hall–Kier alpha value is -1.48. The van der Waals surface area contributed by atoms with Crippen LogP contribution in [-0.4, -0.2) is 0 Å². The van der Waals surface area contributed by atoms with Gasteiger partial charge in [-0.2, -0.15) is 0 Å². The largest absolute Gasteiger partial charge is 0.399 e. The zero-order valence-electron chi connectivity index (χ0n) is 10.5. The second kappa shape index (κ2) is 5.44. The van der Waals surface area contributed by atoms with Crippen molar-refractivity contribution in [1.29, 1.82) is 0 Å². The van der Waals surface area contributed by atoms with Crippen LogP contribution in [-0.2, 0) is 5.75 Å². The van der Waals surface area contributed by atoms with Crippen molar-refractivity contribution in [3.05, 3.63) is 58.9 Å². The average molecular weight is 261 g/mol. The normalized spacial score (nSPS) is 10.6. The van der Waals surface area contributed by atoms with Gasteiger partial charge in [-0.3, -0.25) is 0 Å². The Balaban J connectivity index is 2.11. The second-order valence-electron chi connectivity index (χ2n) is 4.45. The lowest BCUT2D eigenvalue weighted by Gasteiger charge is -2.07. The highest BCUT2D eigenvalue weighted by Crippen LogP contribution is 2.27. The van der Waals surface area contributed by atoms with E-state index in [1.54, 1.807) is 11.8 Å². The molecule has 0 unspecified atom stereocenters. The number of thioether (sulfide) groups is 1. The van der Waals surface area contributed by atoms with Crippen molar-refractivity contribution in [2.45, 2.75) is 24.5 Å². The molecule has 2 N–H and O–H groups in total. The lowest BCUT2D eigenvalue weighted by molar-refractivity contribution is 0.627. The number of rotatable bonds is 3. The molecule has 2 rings (SSSR count). The highest BCUT2D eigenvalue weighted by molar-refractivity contribution is 7.98. The zero-order chi connectivity index (χ0) is 13.1. The van der Waals surface area contributed by atoms with Crippen LogP contribution in [0.15, 0.2) is 41.3 Å². The molecular weight excluding hydrogens is 245 g/mol. The second-order valence-corrected chi connectivity index (χ2v) is 5.47. The van der Waals surface area contributed by atoms with E-state index in [4.69, 9.17) is 5.73 Å². The summed E-state index contributed by atoms with van der Waals surface area (Å²) in [6.45, 7) is 4.17. The molecule has 2 aromatic rings. The first-order valence-corrected chi connectivity index (χ1v) is 6.78. The van der Waals surface area contributed by atoms with E-state index in [2.05, 4.69) is 32.0 Å². The van der Waals surface area contributed by atoms with E-state index in [1.807, 2.05) is 6.07 Å². The van der Waals surface area contributed by atoms with Gasteiger partial charge in [-0.05, 0) is 49.2 Å². The zero-order valence-corrected chi connectivity index (χ0v) is 11.4. The predicted molar refractivity (Wildman–Crippen MR) is 76.3 cm³/mol. The Labute approximate surface area is 111 Å². The minimum absolute atomic E-state index is 0.272. The van der Waals surface area contributed by atoms with Gasteiger partial charge in [-0.15, -0.1) is 11.8 Å². The van der Waals surface area contributed by atoms with Gasteiger partial charge in [0.25, 0.3) is 0 Å². The first kappa shape index (κ1) is 13.0. The maximum Gasteiger partial charge on any atom is 0.125 e. The number of nitrogens with two attached hydrogens (primary N) is 1. The van der Waals surface area contributed by atoms with Crippen LogP contribution in [0, 0.1) is 19.7 Å². The number of halogens is 1. The maximum atomic E-state index is 13.2. The molecule has 0 saturated carbocycles. The van der Waals surface area contributed by atoms with Crippen LogP contribution in [0.25, 0.3) is 0 Å². The number of hydrogen-bond donors (Lipinski definition) is 1. The first-order chi connectivity index (χ1) is 8.54. The van der Waals surface area contributed by atoms with Crippen LogP contribution in [0.4, 0.5) is 10.1 Å². The van der Waals surface area contributed by atoms with Crippen molar-refractivity contribution in [3.63, 3.8) is 0 Å². The molecule has 0 spiro atoms. The molecule has 18 heavy (non-hydrogen) atoms. The van der Waals surface area contributed by atoms with Crippen LogP contribution in [0.3, 0.4) is 0 Å². The molecule has 0 aromatic heterocycles. The molecule has 3 heteroatoms. The molecule has 0 atom stereocenters. The lowest BCUT2D eigenvalue weighted by Crippen LogP contribution is -1.90. The van der Waals surface area contributed by atoms with Crippen LogP contribution in [0.1, 0.15) is 16.7 Å². The van der Waals surface area contributed by atoms with Gasteiger partial charge in [0.15, 0.2) is 0 Å². The molecule has 0 bridgehead atoms. The van der Waals surface area contributed by atoms with Crippen molar-refractivity contribution in [3.8, 4) is 0 Å². The number of nitrogen functional groups attached to an aromatic ring is 1. The van der Waals surface area contributed by atoms with Crippen molar-refractivity contribution >= 4 is 17.4 Å². The van der Waals surface area contributed by atoms with E-state index >= 15 is 0 Å². The van der Waals surface area contributed by atoms with Gasteiger partial charge < -0.3 is 5.73 Å². The van der Waals surface area contributed by atoms with E-state index in [-0.39, 0.29) is 5.82 Å². The van der Waals surface area contributed by atoms with Crippen molar-refractivity contribution in [2.75, 3.05) is 5.73 Å². The molecule has 0 amide bonds. The number of hydrogen-bond acceptors (Lipinski definition) is 2. The molecule has 0 aliphatic carbocycles. The Morgan fingerprint density at radius 3 is 2.56 bits per heavy atom. The molecule has 0 aliphatic rings. The Kier molecular flexibility index (Phi) is 3.92. The minimum atomic E-state index is -0.272. The van der Waals surface area contributed by atoms with E-state index in [0.29, 0.717) is 5.69 Å². The van der Waals surface area contributed by atoms with Gasteiger partial charge in [-0.1, -0.05) is 17.7 Å². The summed E-state index contributed by atoms with van der Waals surface area (Å²) in [5, 5.41) is 0. The molecule has 0 saturated heterocycles.